The van der Waals surface area contributed by atoms with Crippen molar-refractivity contribution in [1.29, 1.82) is 0 Å². The van der Waals surface area contributed by atoms with Crippen LogP contribution in [0.25, 0.3) is 0 Å². The smallest absolute Gasteiger partial charge is 0.287 e. The summed E-state index contributed by atoms with van der Waals surface area (Å²) in [4.78, 5) is 12.8. The van der Waals surface area contributed by atoms with E-state index in [0.29, 0.717) is 6.61 Å². The highest BCUT2D eigenvalue weighted by atomic mass is 32.2. The Morgan fingerprint density at radius 1 is 1.03 bits per heavy atom. The number of sulfone groups is 1. The number of furan rings is 1. The van der Waals surface area contributed by atoms with E-state index in [-0.39, 0.29) is 10.9 Å². The molecule has 1 unspecified atom stereocenters. The van der Waals surface area contributed by atoms with E-state index in [1.165, 1.54) is 12.1 Å². The van der Waals surface area contributed by atoms with E-state index >= 15 is 0 Å². The molecule has 0 saturated carbocycles. The number of hydrogen-bond acceptors (Lipinski definition) is 5. The highest BCUT2D eigenvalue weighted by Gasteiger charge is 2.23. The van der Waals surface area contributed by atoms with Crippen LogP contribution in [0.4, 0.5) is 0 Å². The maximum absolute atomic E-state index is 12.8. The summed E-state index contributed by atoms with van der Waals surface area (Å²) < 4.78 is 34.2. The second-order valence-electron chi connectivity index (χ2n) is 7.03. The van der Waals surface area contributed by atoms with Gasteiger partial charge in [0.05, 0.1) is 12.6 Å². The van der Waals surface area contributed by atoms with Gasteiger partial charge in [-0.2, -0.15) is 0 Å². The average Bonchev–Trinajstić information content (AvgIpc) is 3.23. The van der Waals surface area contributed by atoms with E-state index in [1.807, 2.05) is 42.5 Å². The summed E-state index contributed by atoms with van der Waals surface area (Å²) in [5.74, 6) is 0.345. The zero-order valence-electron chi connectivity index (χ0n) is 15.9. The number of aryl methyl sites for hydroxylation is 1. The standard InChI is InChI=1S/C22H21NO5S/c1-29(25,26)20-12-11-19(28-20)22(24)23-21(15-6-3-2-4-7-15)17-9-10-18-16(14-17)8-5-13-27-18/h2-4,6-7,9-12,14,21H,5,8,13H2,1H3,(H,23,24). The number of carbonyl (C=O) groups is 1. The molecule has 0 bridgehead atoms. The quantitative estimate of drug-likeness (QED) is 0.694. The Kier molecular flexibility index (Phi) is 5.15. The fourth-order valence-corrected chi connectivity index (χ4v) is 3.96. The number of fused-ring (bicyclic) bond motifs is 1. The van der Waals surface area contributed by atoms with Gasteiger partial charge in [0.25, 0.3) is 5.91 Å². The second kappa shape index (κ2) is 7.75. The van der Waals surface area contributed by atoms with Crippen LogP contribution in [0.3, 0.4) is 0 Å². The van der Waals surface area contributed by atoms with Crippen molar-refractivity contribution in [2.75, 3.05) is 12.9 Å². The lowest BCUT2D eigenvalue weighted by Crippen LogP contribution is -2.29. The lowest BCUT2D eigenvalue weighted by molar-refractivity contribution is 0.0909. The molecular weight excluding hydrogens is 390 g/mol. The topological polar surface area (TPSA) is 85.6 Å². The van der Waals surface area contributed by atoms with Crippen LogP contribution in [-0.4, -0.2) is 27.2 Å². The SMILES string of the molecule is CS(=O)(=O)c1ccc(C(=O)NC(c2ccccc2)c2ccc3c(c2)CCCO3)o1. The first-order valence-corrected chi connectivity index (χ1v) is 11.2. The highest BCUT2D eigenvalue weighted by Crippen LogP contribution is 2.30. The Morgan fingerprint density at radius 2 is 1.83 bits per heavy atom. The minimum absolute atomic E-state index is 0.0485. The van der Waals surface area contributed by atoms with Crippen molar-refractivity contribution in [2.24, 2.45) is 0 Å². The number of carbonyl (C=O) groups excluding carboxylic acids is 1. The van der Waals surface area contributed by atoms with Crippen molar-refractivity contribution >= 4 is 15.7 Å². The van der Waals surface area contributed by atoms with E-state index in [1.54, 1.807) is 0 Å². The Bertz CT molecular complexity index is 1140. The van der Waals surface area contributed by atoms with Gasteiger partial charge in [-0.1, -0.05) is 36.4 Å². The summed E-state index contributed by atoms with van der Waals surface area (Å²) in [5, 5.41) is 2.74. The molecule has 1 aromatic heterocycles. The number of hydrogen-bond donors (Lipinski definition) is 1. The van der Waals surface area contributed by atoms with Gasteiger partial charge in [-0.3, -0.25) is 4.79 Å². The molecule has 0 saturated heterocycles. The van der Waals surface area contributed by atoms with Gasteiger partial charge in [-0.15, -0.1) is 0 Å². The summed E-state index contributed by atoms with van der Waals surface area (Å²) in [6.07, 6.45) is 2.92. The molecule has 6 nitrogen and oxygen atoms in total. The van der Waals surface area contributed by atoms with E-state index in [4.69, 9.17) is 9.15 Å². The van der Waals surface area contributed by atoms with Crippen LogP contribution in [0, 0.1) is 0 Å². The zero-order chi connectivity index (χ0) is 20.4. The molecule has 1 amide bonds. The predicted octanol–water partition coefficient (Wildman–Crippen LogP) is 3.53. The van der Waals surface area contributed by atoms with Gasteiger partial charge in [0.1, 0.15) is 5.75 Å². The Hall–Kier alpha value is -3.06. The molecule has 0 spiro atoms. The van der Waals surface area contributed by atoms with Crippen LogP contribution in [0.5, 0.6) is 5.75 Å². The molecule has 150 valence electrons. The molecule has 7 heteroatoms. The van der Waals surface area contributed by atoms with Crippen molar-refractivity contribution in [2.45, 2.75) is 24.0 Å². The monoisotopic (exact) mass is 411 g/mol. The molecule has 1 atom stereocenters. The summed E-state index contributed by atoms with van der Waals surface area (Å²) in [7, 11) is -3.52. The Labute approximate surface area is 169 Å². The van der Waals surface area contributed by atoms with Gasteiger partial charge >= 0.3 is 0 Å². The predicted molar refractivity (Wildman–Crippen MR) is 108 cm³/mol. The molecular formula is C22H21NO5S. The zero-order valence-corrected chi connectivity index (χ0v) is 16.7. The third kappa shape index (κ3) is 4.19. The molecule has 29 heavy (non-hydrogen) atoms. The first-order chi connectivity index (χ1) is 13.9. The van der Waals surface area contributed by atoms with Crippen molar-refractivity contribution < 1.29 is 22.4 Å². The van der Waals surface area contributed by atoms with Crippen LogP contribution in [0.2, 0.25) is 0 Å². The normalized spacial score (nSPS) is 14.5. The number of nitrogens with one attached hydrogen (secondary N) is 1. The van der Waals surface area contributed by atoms with Crippen LogP contribution in [0.1, 0.15) is 39.7 Å². The fourth-order valence-electron chi connectivity index (χ4n) is 3.41. The molecule has 0 radical (unpaired) electrons. The van der Waals surface area contributed by atoms with Gasteiger partial charge in [0, 0.05) is 6.26 Å². The third-order valence-electron chi connectivity index (χ3n) is 4.84. The minimum Gasteiger partial charge on any atom is -0.493 e. The van der Waals surface area contributed by atoms with Crippen molar-refractivity contribution in [3.8, 4) is 5.75 Å². The number of benzene rings is 2. The summed E-state index contributed by atoms with van der Waals surface area (Å²) in [6.45, 7) is 0.715. The number of ether oxygens (including phenoxy) is 1. The average molecular weight is 411 g/mol. The highest BCUT2D eigenvalue weighted by molar-refractivity contribution is 7.90. The molecule has 3 aromatic rings. The molecule has 0 fully saturated rings. The molecule has 1 aliphatic heterocycles. The number of rotatable bonds is 5. The first-order valence-electron chi connectivity index (χ1n) is 9.33. The molecule has 0 aliphatic carbocycles. The summed E-state index contributed by atoms with van der Waals surface area (Å²) in [5.41, 5.74) is 2.94. The Morgan fingerprint density at radius 3 is 2.55 bits per heavy atom. The van der Waals surface area contributed by atoms with E-state index < -0.39 is 21.8 Å². The van der Waals surface area contributed by atoms with Crippen molar-refractivity contribution in [1.82, 2.24) is 5.32 Å². The van der Waals surface area contributed by atoms with Gasteiger partial charge in [-0.25, -0.2) is 8.42 Å². The molecule has 1 aliphatic rings. The maximum atomic E-state index is 12.8. The fraction of sp³-hybridized carbons (Fsp3) is 0.227. The van der Waals surface area contributed by atoms with E-state index in [9.17, 15) is 13.2 Å². The number of amides is 1. The summed E-state index contributed by atoms with van der Waals surface area (Å²) in [6, 6.07) is 17.8. The van der Waals surface area contributed by atoms with Crippen LogP contribution in [-0.2, 0) is 16.3 Å². The van der Waals surface area contributed by atoms with Crippen LogP contribution in [0.15, 0.2) is 70.2 Å². The van der Waals surface area contributed by atoms with Crippen LogP contribution >= 0.6 is 0 Å². The molecule has 2 heterocycles. The third-order valence-corrected chi connectivity index (χ3v) is 5.80. The van der Waals surface area contributed by atoms with E-state index in [0.717, 1.165) is 41.5 Å². The van der Waals surface area contributed by atoms with Gasteiger partial charge in [0.15, 0.2) is 5.76 Å². The molecule has 1 N–H and O–H groups in total. The first kappa shape index (κ1) is 19.3. The largest absolute Gasteiger partial charge is 0.493 e. The second-order valence-corrected chi connectivity index (χ2v) is 8.97. The van der Waals surface area contributed by atoms with Crippen molar-refractivity contribution in [3.05, 3.63) is 83.1 Å². The van der Waals surface area contributed by atoms with Gasteiger partial charge in [0.2, 0.25) is 14.9 Å². The maximum Gasteiger partial charge on any atom is 0.287 e. The van der Waals surface area contributed by atoms with Gasteiger partial charge < -0.3 is 14.5 Å². The Balaban J connectivity index is 1.67. The summed E-state index contributed by atoms with van der Waals surface area (Å²) >= 11 is 0. The van der Waals surface area contributed by atoms with Gasteiger partial charge in [-0.05, 0) is 53.8 Å². The lowest BCUT2D eigenvalue weighted by Gasteiger charge is -2.23. The minimum atomic E-state index is -3.52. The van der Waals surface area contributed by atoms with E-state index in [2.05, 4.69) is 11.4 Å². The van der Waals surface area contributed by atoms with Crippen molar-refractivity contribution in [3.63, 3.8) is 0 Å². The molecule has 4 rings (SSSR count). The van der Waals surface area contributed by atoms with Crippen LogP contribution < -0.4 is 10.1 Å². The lowest BCUT2D eigenvalue weighted by atomic mass is 9.94. The molecule has 2 aromatic carbocycles.